The Morgan fingerprint density at radius 1 is 1.42 bits per heavy atom. The first-order valence-corrected chi connectivity index (χ1v) is 5.93. The topological polar surface area (TPSA) is 75.9 Å². The molecule has 19 heavy (non-hydrogen) atoms. The second-order valence-electron chi connectivity index (χ2n) is 4.19. The Morgan fingerprint density at radius 3 is 2.84 bits per heavy atom. The average molecular weight is 260 g/mol. The number of amides is 1. The van der Waals surface area contributed by atoms with Crippen molar-refractivity contribution < 1.29 is 4.79 Å². The molecule has 0 saturated heterocycles. The highest BCUT2D eigenvalue weighted by atomic mass is 16.1. The van der Waals surface area contributed by atoms with E-state index in [0.29, 0.717) is 17.1 Å². The van der Waals surface area contributed by atoms with Crippen molar-refractivity contribution in [2.45, 2.75) is 13.5 Å². The number of nitrogens with zero attached hydrogens (tertiary/aromatic N) is 5. The lowest BCUT2D eigenvalue weighted by Gasteiger charge is -2.15. The number of anilines is 2. The SMILES string of the molecule is CCn1cc(C(=O)Nc2cncnc2N(C)C)cn1. The summed E-state index contributed by atoms with van der Waals surface area (Å²) in [5, 5.41) is 6.86. The molecule has 0 unspecified atom stereocenters. The summed E-state index contributed by atoms with van der Waals surface area (Å²) in [6.45, 7) is 2.69. The zero-order valence-corrected chi connectivity index (χ0v) is 11.2. The zero-order chi connectivity index (χ0) is 13.8. The minimum Gasteiger partial charge on any atom is -0.361 e. The molecule has 7 heteroatoms. The molecule has 0 aromatic carbocycles. The van der Waals surface area contributed by atoms with Crippen molar-refractivity contribution in [3.8, 4) is 0 Å². The first kappa shape index (κ1) is 13.0. The maximum absolute atomic E-state index is 12.1. The Morgan fingerprint density at radius 2 is 2.21 bits per heavy atom. The van der Waals surface area contributed by atoms with E-state index in [1.807, 2.05) is 25.9 Å². The standard InChI is InChI=1S/C12H16N6O/c1-4-18-7-9(5-15-18)12(19)16-10-6-13-8-14-11(10)17(2)3/h5-8H,4H2,1-3H3,(H,16,19). The van der Waals surface area contributed by atoms with Crippen LogP contribution in [0.3, 0.4) is 0 Å². The van der Waals surface area contributed by atoms with Crippen LogP contribution < -0.4 is 10.2 Å². The molecule has 0 aliphatic carbocycles. The molecule has 2 aromatic heterocycles. The largest absolute Gasteiger partial charge is 0.361 e. The number of aromatic nitrogens is 4. The van der Waals surface area contributed by atoms with Crippen LogP contribution in [0, 0.1) is 0 Å². The molecule has 7 nitrogen and oxygen atoms in total. The number of carbonyl (C=O) groups is 1. The fourth-order valence-corrected chi connectivity index (χ4v) is 1.62. The molecule has 1 amide bonds. The molecule has 1 N–H and O–H groups in total. The Labute approximate surface area is 111 Å². The summed E-state index contributed by atoms with van der Waals surface area (Å²) in [7, 11) is 3.71. The van der Waals surface area contributed by atoms with Gasteiger partial charge in [0.15, 0.2) is 5.82 Å². The van der Waals surface area contributed by atoms with Crippen LogP contribution in [0.4, 0.5) is 11.5 Å². The quantitative estimate of drug-likeness (QED) is 0.888. The van der Waals surface area contributed by atoms with Crippen LogP contribution in [0.25, 0.3) is 0 Å². The lowest BCUT2D eigenvalue weighted by molar-refractivity contribution is 0.102. The van der Waals surface area contributed by atoms with Crippen LogP contribution in [0.2, 0.25) is 0 Å². The molecule has 2 heterocycles. The third-order valence-electron chi connectivity index (χ3n) is 2.58. The Balaban J connectivity index is 2.19. The van der Waals surface area contributed by atoms with Gasteiger partial charge in [0.05, 0.1) is 18.0 Å². The van der Waals surface area contributed by atoms with E-state index in [2.05, 4.69) is 20.4 Å². The molecule has 0 radical (unpaired) electrons. The van der Waals surface area contributed by atoms with Crippen LogP contribution in [-0.2, 0) is 6.54 Å². The molecule has 2 rings (SSSR count). The van der Waals surface area contributed by atoms with Crippen LogP contribution in [0.5, 0.6) is 0 Å². The van der Waals surface area contributed by atoms with Crippen LogP contribution in [0.1, 0.15) is 17.3 Å². The molecule has 0 spiro atoms. The second-order valence-corrected chi connectivity index (χ2v) is 4.19. The van der Waals surface area contributed by atoms with Gasteiger partial charge in [0.2, 0.25) is 0 Å². The number of aryl methyl sites for hydroxylation is 1. The first-order chi connectivity index (χ1) is 9.11. The van der Waals surface area contributed by atoms with Gasteiger partial charge in [-0.15, -0.1) is 0 Å². The Kier molecular flexibility index (Phi) is 3.74. The normalized spacial score (nSPS) is 10.3. The monoisotopic (exact) mass is 260 g/mol. The van der Waals surface area contributed by atoms with E-state index in [1.54, 1.807) is 17.1 Å². The van der Waals surface area contributed by atoms with E-state index in [4.69, 9.17) is 0 Å². The molecule has 100 valence electrons. The zero-order valence-electron chi connectivity index (χ0n) is 11.2. The number of hydrogen-bond acceptors (Lipinski definition) is 5. The van der Waals surface area contributed by atoms with Gasteiger partial charge in [-0.05, 0) is 6.92 Å². The van der Waals surface area contributed by atoms with Crippen LogP contribution in [0.15, 0.2) is 24.9 Å². The molecule has 0 bridgehead atoms. The summed E-state index contributed by atoms with van der Waals surface area (Å²) in [6, 6.07) is 0. The van der Waals surface area contributed by atoms with Gasteiger partial charge in [-0.3, -0.25) is 9.48 Å². The molecule has 0 fully saturated rings. The minimum absolute atomic E-state index is 0.224. The summed E-state index contributed by atoms with van der Waals surface area (Å²) in [5.41, 5.74) is 1.08. The highest BCUT2D eigenvalue weighted by molar-refractivity contribution is 6.05. The summed E-state index contributed by atoms with van der Waals surface area (Å²) in [4.78, 5) is 21.9. The summed E-state index contributed by atoms with van der Waals surface area (Å²) in [6.07, 6.45) is 6.26. The number of nitrogens with one attached hydrogen (secondary N) is 1. The maximum atomic E-state index is 12.1. The van der Waals surface area contributed by atoms with Crippen molar-refractivity contribution in [3.63, 3.8) is 0 Å². The van der Waals surface area contributed by atoms with Crippen molar-refractivity contribution >= 4 is 17.4 Å². The number of carbonyl (C=O) groups excluding carboxylic acids is 1. The van der Waals surface area contributed by atoms with Gasteiger partial charge < -0.3 is 10.2 Å². The Hall–Kier alpha value is -2.44. The van der Waals surface area contributed by atoms with E-state index < -0.39 is 0 Å². The fraction of sp³-hybridized carbons (Fsp3) is 0.333. The highest BCUT2D eigenvalue weighted by Crippen LogP contribution is 2.19. The predicted octanol–water partition coefficient (Wildman–Crippen LogP) is 1.01. The lowest BCUT2D eigenvalue weighted by atomic mass is 10.3. The average Bonchev–Trinajstić information content (AvgIpc) is 2.88. The molecule has 0 aliphatic heterocycles. The summed E-state index contributed by atoms with van der Waals surface area (Å²) >= 11 is 0. The highest BCUT2D eigenvalue weighted by Gasteiger charge is 2.12. The molecule has 2 aromatic rings. The van der Waals surface area contributed by atoms with Crippen molar-refractivity contribution in [1.82, 2.24) is 19.7 Å². The molecule has 0 saturated carbocycles. The van der Waals surface area contributed by atoms with Gasteiger partial charge in [0, 0.05) is 26.8 Å². The van der Waals surface area contributed by atoms with Crippen molar-refractivity contribution in [3.05, 3.63) is 30.5 Å². The van der Waals surface area contributed by atoms with Crippen molar-refractivity contribution in [2.75, 3.05) is 24.3 Å². The van der Waals surface area contributed by atoms with Crippen molar-refractivity contribution in [2.24, 2.45) is 0 Å². The van der Waals surface area contributed by atoms with Gasteiger partial charge in [0.25, 0.3) is 5.91 Å². The van der Waals surface area contributed by atoms with Gasteiger partial charge in [0.1, 0.15) is 12.0 Å². The third kappa shape index (κ3) is 2.87. The fourth-order valence-electron chi connectivity index (χ4n) is 1.62. The van der Waals surface area contributed by atoms with Gasteiger partial charge >= 0.3 is 0 Å². The number of rotatable bonds is 4. The molecular weight excluding hydrogens is 244 g/mol. The van der Waals surface area contributed by atoms with E-state index in [0.717, 1.165) is 6.54 Å². The van der Waals surface area contributed by atoms with Crippen molar-refractivity contribution in [1.29, 1.82) is 0 Å². The Bertz CT molecular complexity index is 577. The minimum atomic E-state index is -0.224. The lowest BCUT2D eigenvalue weighted by Crippen LogP contribution is -2.17. The van der Waals surface area contributed by atoms with E-state index >= 15 is 0 Å². The maximum Gasteiger partial charge on any atom is 0.258 e. The van der Waals surface area contributed by atoms with Gasteiger partial charge in [-0.25, -0.2) is 9.97 Å². The van der Waals surface area contributed by atoms with Gasteiger partial charge in [-0.2, -0.15) is 5.10 Å². The van der Waals surface area contributed by atoms with E-state index in [1.165, 1.54) is 12.5 Å². The second kappa shape index (κ2) is 5.47. The third-order valence-corrected chi connectivity index (χ3v) is 2.58. The molecular formula is C12H16N6O. The van der Waals surface area contributed by atoms with E-state index in [9.17, 15) is 4.79 Å². The summed E-state index contributed by atoms with van der Waals surface area (Å²) in [5.74, 6) is 0.434. The van der Waals surface area contributed by atoms with E-state index in [-0.39, 0.29) is 5.91 Å². The smallest absolute Gasteiger partial charge is 0.258 e. The first-order valence-electron chi connectivity index (χ1n) is 5.93. The molecule has 0 aliphatic rings. The number of hydrogen-bond donors (Lipinski definition) is 1. The van der Waals surface area contributed by atoms with Crippen LogP contribution in [-0.4, -0.2) is 39.8 Å². The predicted molar refractivity (Wildman–Crippen MR) is 72.2 cm³/mol. The van der Waals surface area contributed by atoms with Gasteiger partial charge in [-0.1, -0.05) is 0 Å². The molecule has 0 atom stereocenters. The summed E-state index contributed by atoms with van der Waals surface area (Å²) < 4.78 is 1.70. The van der Waals surface area contributed by atoms with Crippen LogP contribution >= 0.6 is 0 Å².